The van der Waals surface area contributed by atoms with Crippen molar-refractivity contribution < 1.29 is 4.74 Å². The lowest BCUT2D eigenvalue weighted by molar-refractivity contribution is 0.276. The van der Waals surface area contributed by atoms with Crippen molar-refractivity contribution in [2.24, 2.45) is 0 Å². The van der Waals surface area contributed by atoms with Crippen molar-refractivity contribution in [1.82, 2.24) is 10.3 Å². The fourth-order valence-electron chi connectivity index (χ4n) is 2.12. The highest BCUT2D eigenvalue weighted by atomic mass is 16.5. The molecule has 0 saturated carbocycles. The van der Waals surface area contributed by atoms with E-state index >= 15 is 0 Å². The van der Waals surface area contributed by atoms with Crippen molar-refractivity contribution in [1.29, 1.82) is 0 Å². The van der Waals surface area contributed by atoms with Crippen LogP contribution in [-0.2, 0) is 6.42 Å². The number of aromatic nitrogens is 1. The van der Waals surface area contributed by atoms with Crippen molar-refractivity contribution in [3.63, 3.8) is 0 Å². The number of rotatable bonds is 4. The van der Waals surface area contributed by atoms with Gasteiger partial charge >= 0.3 is 0 Å². The molecule has 1 fully saturated rings. The number of ether oxygens (including phenoxy) is 1. The van der Waals surface area contributed by atoms with Gasteiger partial charge in [-0.05, 0) is 44.4 Å². The quantitative estimate of drug-likeness (QED) is 0.843. The third-order valence-electron chi connectivity index (χ3n) is 3.11. The molecule has 88 valence electrons. The average molecular weight is 220 g/mol. The minimum atomic E-state index is 0.520. The summed E-state index contributed by atoms with van der Waals surface area (Å²) >= 11 is 0. The van der Waals surface area contributed by atoms with Crippen LogP contribution < -0.4 is 10.1 Å². The minimum Gasteiger partial charge on any atom is -0.490 e. The van der Waals surface area contributed by atoms with Crippen LogP contribution in [-0.4, -0.2) is 24.2 Å². The molecule has 0 aromatic carbocycles. The second-order valence-corrected chi connectivity index (χ2v) is 4.39. The lowest BCUT2D eigenvalue weighted by Crippen LogP contribution is -2.28. The van der Waals surface area contributed by atoms with Crippen molar-refractivity contribution in [3.8, 4) is 5.75 Å². The molecule has 1 aliphatic rings. The van der Waals surface area contributed by atoms with E-state index in [1.54, 1.807) is 0 Å². The maximum atomic E-state index is 5.75. The van der Waals surface area contributed by atoms with Gasteiger partial charge in [0.25, 0.3) is 0 Å². The first kappa shape index (κ1) is 11.4. The van der Waals surface area contributed by atoms with Gasteiger partial charge in [-0.25, -0.2) is 0 Å². The predicted octanol–water partition coefficient (Wildman–Crippen LogP) is 2.08. The maximum absolute atomic E-state index is 5.75. The summed E-state index contributed by atoms with van der Waals surface area (Å²) < 4.78 is 5.75. The van der Waals surface area contributed by atoms with Gasteiger partial charge in [0.05, 0.1) is 6.20 Å². The zero-order chi connectivity index (χ0) is 11.4. The molecule has 1 N–H and O–H groups in total. The highest BCUT2D eigenvalue weighted by Crippen LogP contribution is 2.16. The molecule has 2 rings (SSSR count). The van der Waals surface area contributed by atoms with Gasteiger partial charge < -0.3 is 10.1 Å². The second kappa shape index (κ2) is 5.30. The number of pyridine rings is 1. The molecule has 0 amide bonds. The van der Waals surface area contributed by atoms with Gasteiger partial charge in [0.2, 0.25) is 0 Å². The van der Waals surface area contributed by atoms with Crippen LogP contribution in [0.3, 0.4) is 0 Å². The Morgan fingerprint density at radius 1 is 1.56 bits per heavy atom. The molecule has 1 aromatic heterocycles. The minimum absolute atomic E-state index is 0.520. The first-order valence-electron chi connectivity index (χ1n) is 6.11. The van der Waals surface area contributed by atoms with Gasteiger partial charge in [0.1, 0.15) is 12.4 Å². The van der Waals surface area contributed by atoms with Crippen LogP contribution in [0.1, 0.15) is 31.0 Å². The van der Waals surface area contributed by atoms with Crippen LogP contribution >= 0.6 is 0 Å². The summed E-state index contributed by atoms with van der Waals surface area (Å²) in [7, 11) is 0. The molecule has 16 heavy (non-hydrogen) atoms. The summed E-state index contributed by atoms with van der Waals surface area (Å²) in [5.74, 6) is 0.892. The standard InChI is InChI=1S/C13H20N2O/c1-3-13-10(2)7-12(8-15-13)16-9-11-5-4-6-14-11/h7-8,11,14H,3-6,9H2,1-2H3/t11-/m0/s1. The lowest BCUT2D eigenvalue weighted by atomic mass is 10.2. The van der Waals surface area contributed by atoms with E-state index in [1.807, 2.05) is 6.20 Å². The Balaban J connectivity index is 1.91. The van der Waals surface area contributed by atoms with Crippen LogP contribution in [0.5, 0.6) is 5.75 Å². The van der Waals surface area contributed by atoms with Crippen LogP contribution in [0.4, 0.5) is 0 Å². The van der Waals surface area contributed by atoms with E-state index in [1.165, 1.54) is 18.4 Å². The zero-order valence-electron chi connectivity index (χ0n) is 10.1. The Morgan fingerprint density at radius 3 is 3.06 bits per heavy atom. The first-order chi connectivity index (χ1) is 7.79. The Bertz CT molecular complexity index is 346. The number of nitrogens with zero attached hydrogens (tertiary/aromatic N) is 1. The Hall–Kier alpha value is -1.09. The highest BCUT2D eigenvalue weighted by molar-refractivity contribution is 5.28. The van der Waals surface area contributed by atoms with Crippen LogP contribution in [0.25, 0.3) is 0 Å². The molecule has 0 aliphatic carbocycles. The third-order valence-corrected chi connectivity index (χ3v) is 3.11. The molecule has 1 saturated heterocycles. The van der Waals surface area contributed by atoms with E-state index < -0.39 is 0 Å². The van der Waals surface area contributed by atoms with Gasteiger partial charge in [-0.2, -0.15) is 0 Å². The lowest BCUT2D eigenvalue weighted by Gasteiger charge is -2.12. The number of nitrogens with one attached hydrogen (secondary N) is 1. The van der Waals surface area contributed by atoms with Gasteiger partial charge in [-0.15, -0.1) is 0 Å². The van der Waals surface area contributed by atoms with Crippen molar-refractivity contribution in [2.75, 3.05) is 13.2 Å². The summed E-state index contributed by atoms with van der Waals surface area (Å²) in [5.41, 5.74) is 2.38. The van der Waals surface area contributed by atoms with Crippen molar-refractivity contribution in [2.45, 2.75) is 39.2 Å². The highest BCUT2D eigenvalue weighted by Gasteiger charge is 2.14. The molecular formula is C13H20N2O. The van der Waals surface area contributed by atoms with Gasteiger partial charge in [0.15, 0.2) is 0 Å². The maximum Gasteiger partial charge on any atom is 0.137 e. The molecule has 1 aromatic rings. The van der Waals surface area contributed by atoms with Crippen LogP contribution in [0.2, 0.25) is 0 Å². The summed E-state index contributed by atoms with van der Waals surface area (Å²) in [4.78, 5) is 4.40. The zero-order valence-corrected chi connectivity index (χ0v) is 10.1. The number of hydrogen-bond acceptors (Lipinski definition) is 3. The molecule has 2 heterocycles. The van der Waals surface area contributed by atoms with E-state index in [2.05, 4.69) is 30.2 Å². The smallest absolute Gasteiger partial charge is 0.137 e. The SMILES string of the molecule is CCc1ncc(OC[C@@H]2CCCN2)cc1C. The predicted molar refractivity (Wildman–Crippen MR) is 64.9 cm³/mol. The topological polar surface area (TPSA) is 34.1 Å². The number of aryl methyl sites for hydroxylation is 2. The number of hydrogen-bond donors (Lipinski definition) is 1. The molecular weight excluding hydrogens is 200 g/mol. The molecule has 0 bridgehead atoms. The molecule has 3 heteroatoms. The summed E-state index contributed by atoms with van der Waals surface area (Å²) in [6, 6.07) is 2.60. The fourth-order valence-corrected chi connectivity index (χ4v) is 2.12. The van der Waals surface area contributed by atoms with E-state index in [4.69, 9.17) is 4.74 Å². The fraction of sp³-hybridized carbons (Fsp3) is 0.615. The van der Waals surface area contributed by atoms with Gasteiger partial charge in [-0.1, -0.05) is 6.92 Å². The van der Waals surface area contributed by atoms with Crippen molar-refractivity contribution >= 4 is 0 Å². The summed E-state index contributed by atoms with van der Waals surface area (Å²) in [6.07, 6.45) is 5.30. The summed E-state index contributed by atoms with van der Waals surface area (Å²) in [6.45, 7) is 6.09. The van der Waals surface area contributed by atoms with Gasteiger partial charge in [-0.3, -0.25) is 4.98 Å². The van der Waals surface area contributed by atoms with Crippen LogP contribution in [0.15, 0.2) is 12.3 Å². The van der Waals surface area contributed by atoms with E-state index in [0.717, 1.165) is 31.0 Å². The molecule has 1 atom stereocenters. The largest absolute Gasteiger partial charge is 0.490 e. The Labute approximate surface area is 97.2 Å². The monoisotopic (exact) mass is 220 g/mol. The Kier molecular flexibility index (Phi) is 3.78. The van der Waals surface area contributed by atoms with E-state index in [9.17, 15) is 0 Å². The average Bonchev–Trinajstić information content (AvgIpc) is 2.79. The molecule has 0 unspecified atom stereocenters. The third kappa shape index (κ3) is 2.73. The molecule has 1 aliphatic heterocycles. The molecule has 0 spiro atoms. The summed E-state index contributed by atoms with van der Waals surface area (Å²) in [5, 5.41) is 3.42. The van der Waals surface area contributed by atoms with E-state index in [-0.39, 0.29) is 0 Å². The second-order valence-electron chi connectivity index (χ2n) is 4.39. The molecule has 0 radical (unpaired) electrons. The normalized spacial score (nSPS) is 20.0. The van der Waals surface area contributed by atoms with Crippen molar-refractivity contribution in [3.05, 3.63) is 23.5 Å². The Morgan fingerprint density at radius 2 is 2.44 bits per heavy atom. The van der Waals surface area contributed by atoms with Crippen LogP contribution in [0, 0.1) is 6.92 Å². The van der Waals surface area contributed by atoms with E-state index in [0.29, 0.717) is 6.04 Å². The molecule has 3 nitrogen and oxygen atoms in total. The first-order valence-corrected chi connectivity index (χ1v) is 6.11. The van der Waals surface area contributed by atoms with Gasteiger partial charge in [0, 0.05) is 11.7 Å².